The van der Waals surface area contributed by atoms with Gasteiger partial charge in [-0.3, -0.25) is 14.6 Å². The molecule has 0 bridgehead atoms. The number of nitrogens with two attached hydrogens (primary N) is 1. The van der Waals surface area contributed by atoms with E-state index in [9.17, 15) is 10.1 Å². The Labute approximate surface area is 296 Å². The monoisotopic (exact) mass is 695 g/mol. The van der Waals surface area contributed by atoms with Crippen LogP contribution in [0.4, 0.5) is 10.2 Å². The van der Waals surface area contributed by atoms with Crippen LogP contribution < -0.4 is 10.5 Å². The van der Waals surface area contributed by atoms with E-state index < -0.39 is 17.4 Å². The van der Waals surface area contributed by atoms with Gasteiger partial charge in [0.25, 0.3) is 5.91 Å². The van der Waals surface area contributed by atoms with Crippen molar-refractivity contribution in [2.75, 3.05) is 65.3 Å². The van der Waals surface area contributed by atoms with Crippen molar-refractivity contribution >= 4 is 22.8 Å². The highest BCUT2D eigenvalue weighted by atomic mass is 19.1. The van der Waals surface area contributed by atoms with Crippen LogP contribution in [0.1, 0.15) is 26.3 Å². The number of anilines is 1. The lowest BCUT2D eigenvalue weighted by molar-refractivity contribution is -0.131. The normalized spacial score (nSPS) is 21.0. The number of methoxy groups -OCH3 is 1. The van der Waals surface area contributed by atoms with Gasteiger partial charge in [0, 0.05) is 63.5 Å². The molecule has 3 aliphatic heterocycles. The van der Waals surface area contributed by atoms with Gasteiger partial charge in [-0.05, 0) is 50.6 Å². The van der Waals surface area contributed by atoms with Crippen molar-refractivity contribution in [3.8, 4) is 28.8 Å². The highest BCUT2D eigenvalue weighted by molar-refractivity contribution is 5.99. The molecule has 2 aromatic heterocycles. The number of rotatable bonds is 9. The first kappa shape index (κ1) is 34.5. The van der Waals surface area contributed by atoms with Crippen LogP contribution in [-0.4, -0.2) is 118 Å². The number of likely N-dealkylation sites (tertiary alicyclic amines) is 1. The summed E-state index contributed by atoms with van der Waals surface area (Å²) in [6, 6.07) is 15.9. The maximum absolute atomic E-state index is 15.8. The molecule has 3 aliphatic rings. The number of fused-ring (bicyclic) bond motifs is 1. The number of nitrogen functional groups attached to an aromatic ring is 1. The summed E-state index contributed by atoms with van der Waals surface area (Å²) < 4.78 is 34.4. The molecule has 1 amide bonds. The van der Waals surface area contributed by atoms with E-state index in [2.05, 4.69) is 25.8 Å². The van der Waals surface area contributed by atoms with E-state index in [0.29, 0.717) is 41.5 Å². The number of halogens is 1. The average molecular weight is 696 g/mol. The molecule has 0 saturated carbocycles. The van der Waals surface area contributed by atoms with Crippen LogP contribution in [0.2, 0.25) is 0 Å². The third-order valence-electron chi connectivity index (χ3n) is 10.2. The van der Waals surface area contributed by atoms with Gasteiger partial charge >= 0.3 is 0 Å². The van der Waals surface area contributed by atoms with E-state index in [1.165, 1.54) is 12.4 Å². The Morgan fingerprint density at radius 1 is 1.06 bits per heavy atom. The Kier molecular flexibility index (Phi) is 9.71. The summed E-state index contributed by atoms with van der Waals surface area (Å²) in [5, 5.41) is 15.5. The van der Waals surface area contributed by atoms with Gasteiger partial charge in [0.15, 0.2) is 5.65 Å². The van der Waals surface area contributed by atoms with Gasteiger partial charge in [-0.1, -0.05) is 18.2 Å². The minimum Gasteiger partial charge on any atom is -0.457 e. The highest BCUT2D eigenvalue weighted by Crippen LogP contribution is 2.37. The summed E-state index contributed by atoms with van der Waals surface area (Å²) in [6.45, 7) is 9.64. The van der Waals surface area contributed by atoms with Gasteiger partial charge in [-0.15, -0.1) is 0 Å². The summed E-state index contributed by atoms with van der Waals surface area (Å²) in [7, 11) is 1.59. The number of hydrogen-bond donors (Lipinski definition) is 1. The molecule has 13 nitrogen and oxygen atoms in total. The number of piperazine rings is 1. The third kappa shape index (κ3) is 7.02. The Hall–Kier alpha value is -4.94. The fourth-order valence-corrected chi connectivity index (χ4v) is 7.21. The lowest BCUT2D eigenvalue weighted by Gasteiger charge is -2.46. The molecular weight excluding hydrogens is 653 g/mol. The molecule has 0 aliphatic carbocycles. The maximum Gasteiger partial charge on any atom is 0.264 e. The second-order valence-corrected chi connectivity index (χ2v) is 13.8. The molecule has 0 radical (unpaired) electrons. The van der Waals surface area contributed by atoms with Crippen molar-refractivity contribution < 1.29 is 23.4 Å². The largest absolute Gasteiger partial charge is 0.457 e. The molecule has 5 heterocycles. The molecule has 7 rings (SSSR count). The van der Waals surface area contributed by atoms with Crippen molar-refractivity contribution in [2.45, 2.75) is 44.0 Å². The predicted molar refractivity (Wildman–Crippen MR) is 188 cm³/mol. The van der Waals surface area contributed by atoms with Gasteiger partial charge in [0.2, 0.25) is 0 Å². The van der Waals surface area contributed by atoms with E-state index in [0.717, 1.165) is 39.4 Å². The van der Waals surface area contributed by atoms with Gasteiger partial charge in [-0.25, -0.2) is 19.0 Å². The first-order chi connectivity index (χ1) is 24.6. The zero-order valence-electron chi connectivity index (χ0n) is 29.0. The minimum absolute atomic E-state index is 0.0720. The van der Waals surface area contributed by atoms with Crippen molar-refractivity contribution in [3.05, 3.63) is 72.3 Å². The van der Waals surface area contributed by atoms with Gasteiger partial charge in [0.05, 0.1) is 36.8 Å². The number of nitriles is 1. The molecule has 2 atom stereocenters. The summed E-state index contributed by atoms with van der Waals surface area (Å²) >= 11 is 0. The molecule has 3 saturated heterocycles. The van der Waals surface area contributed by atoms with Crippen molar-refractivity contribution in [2.24, 2.45) is 0 Å². The molecule has 2 N–H and O–H groups in total. The number of ether oxygens (including phenoxy) is 3. The van der Waals surface area contributed by atoms with Crippen LogP contribution in [0.5, 0.6) is 11.5 Å². The number of aromatic nitrogens is 4. The van der Waals surface area contributed by atoms with Crippen molar-refractivity contribution in [1.29, 1.82) is 5.26 Å². The number of hydrogen-bond acceptors (Lipinski definition) is 11. The lowest BCUT2D eigenvalue weighted by atomic mass is 9.96. The lowest BCUT2D eigenvalue weighted by Crippen LogP contribution is -2.59. The summed E-state index contributed by atoms with van der Waals surface area (Å²) in [6.07, 6.45) is 3.27. The number of nitrogens with zero attached hydrogens (tertiary/aromatic N) is 8. The molecular formula is C37H42FN9O4. The smallest absolute Gasteiger partial charge is 0.264 e. The molecule has 51 heavy (non-hydrogen) atoms. The molecule has 0 unspecified atom stereocenters. The van der Waals surface area contributed by atoms with Gasteiger partial charge in [0.1, 0.15) is 46.8 Å². The van der Waals surface area contributed by atoms with Gasteiger partial charge < -0.3 is 24.8 Å². The van der Waals surface area contributed by atoms with Crippen LogP contribution in [-0.2, 0) is 14.3 Å². The second-order valence-electron chi connectivity index (χ2n) is 13.8. The fraction of sp³-hybridized carbons (Fsp3) is 0.432. The number of carbonyl (C=O) groups excluding carboxylic acids is 1. The average Bonchev–Trinajstić information content (AvgIpc) is 3.51. The summed E-state index contributed by atoms with van der Waals surface area (Å²) in [4.78, 5) is 29.1. The van der Waals surface area contributed by atoms with Crippen molar-refractivity contribution in [3.63, 3.8) is 0 Å². The first-order valence-electron chi connectivity index (χ1n) is 17.2. The topological polar surface area (TPSA) is 148 Å². The van der Waals surface area contributed by atoms with E-state index >= 15 is 4.39 Å². The van der Waals surface area contributed by atoms with E-state index in [4.69, 9.17) is 25.0 Å². The Morgan fingerprint density at radius 3 is 2.49 bits per heavy atom. The Bertz CT molecular complexity index is 1970. The molecule has 2 aromatic carbocycles. The van der Waals surface area contributed by atoms with Gasteiger partial charge in [-0.2, -0.15) is 10.4 Å². The van der Waals surface area contributed by atoms with Crippen LogP contribution in [0.25, 0.3) is 22.3 Å². The Balaban J connectivity index is 1.15. The molecule has 4 aromatic rings. The van der Waals surface area contributed by atoms with E-state index in [-0.39, 0.29) is 41.2 Å². The number of para-hydroxylation sites is 1. The molecule has 266 valence electrons. The summed E-state index contributed by atoms with van der Waals surface area (Å²) in [5.74, 6) is 0.121. The Morgan fingerprint density at radius 2 is 1.82 bits per heavy atom. The zero-order chi connectivity index (χ0) is 35.7. The maximum atomic E-state index is 15.8. The summed E-state index contributed by atoms with van der Waals surface area (Å²) in [5.41, 5.74) is 6.79. The van der Waals surface area contributed by atoms with Crippen LogP contribution >= 0.6 is 0 Å². The SMILES string of the molecule is CO[C@@H]1C[C@@H](n2nc(-c3ccc(Oc4ccccc4)cc3F)c3c(N)ncnc32)CN(C(=O)/C(C#N)=C/C(C)(C)N2CCN(C3COC3)CC2)C1. The van der Waals surface area contributed by atoms with E-state index in [1.807, 2.05) is 32.0 Å². The third-order valence-corrected chi connectivity index (χ3v) is 10.2. The minimum atomic E-state index is -0.557. The quantitative estimate of drug-likeness (QED) is 0.200. The number of piperidine rings is 1. The van der Waals surface area contributed by atoms with Crippen LogP contribution in [0.3, 0.4) is 0 Å². The van der Waals surface area contributed by atoms with E-state index in [1.54, 1.807) is 47.0 Å². The number of carbonyl (C=O) groups is 1. The standard InChI is InChI=1S/C37H42FN9O4/c1-37(2,46-13-11-44(12-14-46)26-21-50-22-26)17-24(18-39)36(48)45-19-25(15-29(20-45)49-3)47-35-32(34(40)41-23-42-35)33(43-47)30-10-9-28(16-31(30)38)51-27-7-5-4-6-8-27/h4-10,16-17,23,25-26,29H,11-15,19-22H2,1-3H3,(H2,40,41,42)/b24-17+/t25-,29-/m1/s1. The van der Waals surface area contributed by atoms with Crippen LogP contribution in [0, 0.1) is 17.1 Å². The molecule has 14 heteroatoms. The fourth-order valence-electron chi connectivity index (χ4n) is 7.21. The highest BCUT2D eigenvalue weighted by Gasteiger charge is 2.37. The molecule has 3 fully saturated rings. The van der Waals surface area contributed by atoms with Crippen LogP contribution in [0.15, 0.2) is 66.5 Å². The molecule has 0 spiro atoms. The first-order valence-corrected chi connectivity index (χ1v) is 17.2. The zero-order valence-corrected chi connectivity index (χ0v) is 29.0. The number of benzene rings is 2. The predicted octanol–water partition coefficient (Wildman–Crippen LogP) is 4.04. The second kappa shape index (κ2) is 14.4. The van der Waals surface area contributed by atoms with Crippen molar-refractivity contribution in [1.82, 2.24) is 34.4 Å². The number of amides is 1.